The Bertz CT molecular complexity index is 593. The van der Waals surface area contributed by atoms with E-state index < -0.39 is 16.2 Å². The lowest BCUT2D eigenvalue weighted by molar-refractivity contribution is 0.403. The summed E-state index contributed by atoms with van der Waals surface area (Å²) in [5, 5.41) is 3.65. The van der Waals surface area contributed by atoms with Crippen molar-refractivity contribution in [1.82, 2.24) is 0 Å². The maximum absolute atomic E-state index is 11.0. The Morgan fingerprint density at radius 3 is 2.50 bits per heavy atom. The Morgan fingerprint density at radius 2 is 1.94 bits per heavy atom. The highest BCUT2D eigenvalue weighted by Gasteiger charge is 2.30. The lowest BCUT2D eigenvalue weighted by atomic mass is 9.81. The number of hydrogen-bond donors (Lipinski definition) is 1. The zero-order chi connectivity index (χ0) is 13.2. The van der Waals surface area contributed by atoms with E-state index in [1.807, 2.05) is 24.3 Å². The van der Waals surface area contributed by atoms with Gasteiger partial charge in [0.25, 0.3) is 10.1 Å². The summed E-state index contributed by atoms with van der Waals surface area (Å²) in [5.41, 5.74) is 10.7. The van der Waals surface area contributed by atoms with Gasteiger partial charge >= 0.3 is 0 Å². The van der Waals surface area contributed by atoms with E-state index in [2.05, 4.69) is 10.0 Å². The van der Waals surface area contributed by atoms with Crippen LogP contribution in [0, 0.1) is 5.92 Å². The molecule has 1 aromatic rings. The van der Waals surface area contributed by atoms with Gasteiger partial charge in [-0.1, -0.05) is 29.4 Å². The van der Waals surface area contributed by atoms with Crippen molar-refractivity contribution >= 4 is 10.1 Å². The van der Waals surface area contributed by atoms with Gasteiger partial charge in [-0.05, 0) is 35.4 Å². The van der Waals surface area contributed by atoms with Crippen molar-refractivity contribution in [2.45, 2.75) is 18.9 Å². The van der Waals surface area contributed by atoms with Crippen LogP contribution in [0.3, 0.4) is 0 Å². The first-order valence-electron chi connectivity index (χ1n) is 5.56. The smallest absolute Gasteiger partial charge is 0.265 e. The van der Waals surface area contributed by atoms with Crippen molar-refractivity contribution in [2.75, 3.05) is 5.75 Å². The predicted molar refractivity (Wildman–Crippen MR) is 66.7 cm³/mol. The average molecular weight is 267 g/mol. The third-order valence-electron chi connectivity index (χ3n) is 3.20. The summed E-state index contributed by atoms with van der Waals surface area (Å²) in [4.78, 5) is 2.76. The van der Waals surface area contributed by atoms with E-state index in [1.165, 1.54) is 0 Å². The summed E-state index contributed by atoms with van der Waals surface area (Å²) in [5.74, 6) is -0.740. The number of rotatable bonds is 3. The van der Waals surface area contributed by atoms with Crippen molar-refractivity contribution in [1.29, 1.82) is 0 Å². The van der Waals surface area contributed by atoms with Gasteiger partial charge in [-0.15, -0.1) is 0 Å². The van der Waals surface area contributed by atoms with Crippen LogP contribution in [0.15, 0.2) is 29.4 Å². The molecule has 18 heavy (non-hydrogen) atoms. The summed E-state index contributed by atoms with van der Waals surface area (Å²) < 4.78 is 30.9. The van der Waals surface area contributed by atoms with E-state index in [0.717, 1.165) is 11.1 Å². The largest absolute Gasteiger partial charge is 0.286 e. The number of nitrogens with zero attached hydrogens (tertiary/aromatic N) is 3. The van der Waals surface area contributed by atoms with E-state index in [1.54, 1.807) is 0 Å². The third-order valence-corrected chi connectivity index (χ3v) is 4.05. The topological polar surface area (TPSA) is 103 Å². The SMILES string of the molecule is [N-]=[N+]=N[C@@H]1Cc2ccccc2C[C@H]1CS(=O)(=O)O. The first-order chi connectivity index (χ1) is 8.49. The maximum atomic E-state index is 11.0. The van der Waals surface area contributed by atoms with Crippen LogP contribution in [0.5, 0.6) is 0 Å². The molecule has 7 heteroatoms. The summed E-state index contributed by atoms with van der Waals surface area (Å²) in [6.07, 6.45) is 1.01. The minimum Gasteiger partial charge on any atom is -0.286 e. The second-order valence-corrected chi connectivity index (χ2v) is 5.96. The predicted octanol–water partition coefficient (Wildman–Crippen LogP) is 1.97. The zero-order valence-electron chi connectivity index (χ0n) is 9.60. The zero-order valence-corrected chi connectivity index (χ0v) is 10.4. The fourth-order valence-corrected chi connectivity index (χ4v) is 3.29. The lowest BCUT2D eigenvalue weighted by Gasteiger charge is -2.29. The molecule has 2 atom stereocenters. The molecule has 0 fully saturated rings. The molecule has 1 aromatic carbocycles. The van der Waals surface area contributed by atoms with Crippen LogP contribution in [0.25, 0.3) is 10.4 Å². The maximum Gasteiger partial charge on any atom is 0.265 e. The number of benzene rings is 1. The van der Waals surface area contributed by atoms with E-state index in [0.29, 0.717) is 12.8 Å². The minimum atomic E-state index is -4.06. The van der Waals surface area contributed by atoms with Crippen LogP contribution in [-0.2, 0) is 23.0 Å². The van der Waals surface area contributed by atoms with Gasteiger partial charge in [0, 0.05) is 11.0 Å². The normalized spacial score (nSPS) is 22.9. The Labute approximate surface area is 105 Å². The molecular formula is C11H13N3O3S. The molecule has 2 rings (SSSR count). The van der Waals surface area contributed by atoms with Crippen LogP contribution >= 0.6 is 0 Å². The highest BCUT2D eigenvalue weighted by atomic mass is 32.2. The van der Waals surface area contributed by atoms with Gasteiger partial charge in [0.15, 0.2) is 0 Å². The van der Waals surface area contributed by atoms with Gasteiger partial charge in [-0.3, -0.25) is 4.55 Å². The molecule has 0 saturated carbocycles. The van der Waals surface area contributed by atoms with Crippen molar-refractivity contribution in [2.24, 2.45) is 11.0 Å². The van der Waals surface area contributed by atoms with E-state index >= 15 is 0 Å². The number of fused-ring (bicyclic) bond motifs is 1. The first kappa shape index (κ1) is 12.9. The lowest BCUT2D eigenvalue weighted by Crippen LogP contribution is -2.33. The van der Waals surface area contributed by atoms with Crippen LogP contribution in [0.4, 0.5) is 0 Å². The number of azide groups is 1. The Balaban J connectivity index is 2.31. The highest BCUT2D eigenvalue weighted by molar-refractivity contribution is 7.85. The van der Waals surface area contributed by atoms with Crippen molar-refractivity contribution in [3.63, 3.8) is 0 Å². The summed E-state index contributed by atoms with van der Waals surface area (Å²) in [6.45, 7) is 0. The van der Waals surface area contributed by atoms with Crippen LogP contribution in [0.2, 0.25) is 0 Å². The first-order valence-corrected chi connectivity index (χ1v) is 7.16. The van der Waals surface area contributed by atoms with Gasteiger partial charge in [-0.2, -0.15) is 8.42 Å². The Hall–Kier alpha value is -1.56. The Kier molecular flexibility index (Phi) is 3.56. The molecule has 0 bridgehead atoms. The van der Waals surface area contributed by atoms with Crippen LogP contribution < -0.4 is 0 Å². The summed E-state index contributed by atoms with van der Waals surface area (Å²) in [7, 11) is -4.06. The van der Waals surface area contributed by atoms with Crippen LogP contribution in [-0.4, -0.2) is 24.8 Å². The van der Waals surface area contributed by atoms with E-state index in [4.69, 9.17) is 10.1 Å². The molecule has 0 heterocycles. The molecule has 1 N–H and O–H groups in total. The molecule has 0 aromatic heterocycles. The fourth-order valence-electron chi connectivity index (χ4n) is 2.41. The van der Waals surface area contributed by atoms with Crippen LogP contribution in [0.1, 0.15) is 11.1 Å². The average Bonchev–Trinajstić information content (AvgIpc) is 2.28. The molecule has 6 nitrogen and oxygen atoms in total. The fraction of sp³-hybridized carbons (Fsp3) is 0.455. The molecule has 0 unspecified atom stereocenters. The second kappa shape index (κ2) is 4.97. The van der Waals surface area contributed by atoms with Gasteiger partial charge < -0.3 is 0 Å². The summed E-state index contributed by atoms with van der Waals surface area (Å²) >= 11 is 0. The van der Waals surface area contributed by atoms with Crippen molar-refractivity contribution in [3.8, 4) is 0 Å². The van der Waals surface area contributed by atoms with E-state index in [-0.39, 0.29) is 11.7 Å². The van der Waals surface area contributed by atoms with Gasteiger partial charge in [-0.25, -0.2) is 0 Å². The van der Waals surface area contributed by atoms with Gasteiger partial charge in [0.1, 0.15) is 0 Å². The standard InChI is InChI=1S/C11H13N3O3S/c12-14-13-11-6-9-4-2-1-3-8(9)5-10(11)7-18(15,16)17/h1-4,10-11H,5-7H2,(H,15,16,17)/t10-,11+/m0/s1. The monoisotopic (exact) mass is 267 g/mol. The molecule has 0 amide bonds. The molecule has 1 aliphatic rings. The minimum absolute atomic E-state index is 0.370. The molecule has 0 saturated heterocycles. The quantitative estimate of drug-likeness (QED) is 0.392. The highest BCUT2D eigenvalue weighted by Crippen LogP contribution is 2.28. The number of hydrogen-bond acceptors (Lipinski definition) is 3. The Morgan fingerprint density at radius 1 is 1.33 bits per heavy atom. The second-order valence-electron chi connectivity index (χ2n) is 4.46. The molecular weight excluding hydrogens is 254 g/mol. The van der Waals surface area contributed by atoms with E-state index in [9.17, 15) is 8.42 Å². The third kappa shape index (κ3) is 3.01. The van der Waals surface area contributed by atoms with Crippen molar-refractivity contribution < 1.29 is 13.0 Å². The summed E-state index contributed by atoms with van der Waals surface area (Å²) in [6, 6.07) is 7.23. The molecule has 96 valence electrons. The molecule has 1 aliphatic carbocycles. The van der Waals surface area contributed by atoms with Gasteiger partial charge in [0.2, 0.25) is 0 Å². The molecule has 0 spiro atoms. The van der Waals surface area contributed by atoms with Crippen molar-refractivity contribution in [3.05, 3.63) is 45.8 Å². The van der Waals surface area contributed by atoms with Gasteiger partial charge in [0.05, 0.1) is 5.75 Å². The molecule has 0 aliphatic heterocycles. The molecule has 0 radical (unpaired) electrons.